The Labute approximate surface area is 86.0 Å². The Hall–Kier alpha value is -1.79. The molecule has 2 heterocycles. The Morgan fingerprint density at radius 3 is 2.93 bits per heavy atom. The third-order valence-corrected chi connectivity index (χ3v) is 2.07. The minimum Gasteiger partial charge on any atom is -0.366 e. The van der Waals surface area contributed by atoms with E-state index in [1.807, 2.05) is 6.07 Å². The summed E-state index contributed by atoms with van der Waals surface area (Å²) >= 11 is 5.75. The zero-order chi connectivity index (χ0) is 9.97. The molecule has 0 saturated carbocycles. The number of aromatic amines is 1. The second-order valence-corrected chi connectivity index (χ2v) is 3.13. The number of hydrogen-bond acceptors (Lipinski definition) is 2. The molecule has 4 heteroatoms. The minimum atomic E-state index is 0.424. The molecule has 68 valence electrons. The van der Waals surface area contributed by atoms with Gasteiger partial charge in [-0.05, 0) is 12.1 Å². The first kappa shape index (κ1) is 8.79. The summed E-state index contributed by atoms with van der Waals surface area (Å²) in [5.41, 5.74) is 2.05. The van der Waals surface area contributed by atoms with Gasteiger partial charge in [0.1, 0.15) is 11.2 Å². The molecule has 0 radical (unpaired) electrons. The van der Waals surface area contributed by atoms with Gasteiger partial charge in [0.2, 0.25) is 0 Å². The molecule has 14 heavy (non-hydrogen) atoms. The lowest BCUT2D eigenvalue weighted by Gasteiger charge is -1.97. The fraction of sp³-hybridized carbons (Fsp3) is 0. The molecule has 0 atom stereocenters. The van der Waals surface area contributed by atoms with Gasteiger partial charge in [-0.15, -0.1) is 0 Å². The van der Waals surface area contributed by atoms with Gasteiger partial charge in [-0.25, -0.2) is 4.98 Å². The van der Waals surface area contributed by atoms with E-state index in [9.17, 15) is 0 Å². The van der Waals surface area contributed by atoms with Crippen LogP contribution in [0.4, 0.5) is 0 Å². The number of pyridine rings is 1. The Kier molecular flexibility index (Phi) is 2.21. The molecule has 0 fully saturated rings. The first-order valence-corrected chi connectivity index (χ1v) is 4.39. The Morgan fingerprint density at radius 1 is 1.36 bits per heavy atom. The molecular formula is C10H6ClN3. The molecule has 0 aromatic carbocycles. The van der Waals surface area contributed by atoms with Crippen molar-refractivity contribution in [2.24, 2.45) is 0 Å². The van der Waals surface area contributed by atoms with Crippen LogP contribution in [0.15, 0.2) is 30.6 Å². The van der Waals surface area contributed by atoms with Gasteiger partial charge >= 0.3 is 0 Å². The van der Waals surface area contributed by atoms with Gasteiger partial charge < -0.3 is 4.98 Å². The molecule has 2 aromatic rings. The molecule has 0 unspecified atom stereocenters. The van der Waals surface area contributed by atoms with Crippen molar-refractivity contribution in [2.45, 2.75) is 0 Å². The first-order valence-electron chi connectivity index (χ1n) is 4.01. The maximum atomic E-state index is 8.81. The number of rotatable bonds is 1. The molecule has 0 aliphatic rings. The van der Waals surface area contributed by atoms with Crippen LogP contribution >= 0.6 is 11.6 Å². The topological polar surface area (TPSA) is 52.5 Å². The Bertz CT molecular complexity index is 496. The normalized spacial score (nSPS) is 9.71. The summed E-state index contributed by atoms with van der Waals surface area (Å²) in [7, 11) is 0. The van der Waals surface area contributed by atoms with Gasteiger partial charge in [-0.1, -0.05) is 17.7 Å². The van der Waals surface area contributed by atoms with Gasteiger partial charge in [0.15, 0.2) is 0 Å². The van der Waals surface area contributed by atoms with Crippen molar-refractivity contribution < 1.29 is 0 Å². The fourth-order valence-corrected chi connectivity index (χ4v) is 1.39. The van der Waals surface area contributed by atoms with Gasteiger partial charge in [-0.3, -0.25) is 0 Å². The number of nitrogens with one attached hydrogen (secondary N) is 1. The lowest BCUT2D eigenvalue weighted by atomic mass is 10.1. The van der Waals surface area contributed by atoms with Gasteiger partial charge in [0, 0.05) is 18.0 Å². The number of hydrogen-bond donors (Lipinski definition) is 1. The molecule has 1 N–H and O–H groups in total. The average molecular weight is 204 g/mol. The summed E-state index contributed by atoms with van der Waals surface area (Å²) in [6, 6.07) is 7.40. The Balaban J connectivity index is 2.56. The van der Waals surface area contributed by atoms with Crippen molar-refractivity contribution >= 4 is 11.6 Å². The van der Waals surface area contributed by atoms with Crippen molar-refractivity contribution in [3.05, 3.63) is 41.3 Å². The van der Waals surface area contributed by atoms with Crippen LogP contribution in [0.2, 0.25) is 5.15 Å². The summed E-state index contributed by atoms with van der Waals surface area (Å²) in [6.07, 6.45) is 3.37. The van der Waals surface area contributed by atoms with Crippen LogP contribution < -0.4 is 0 Å². The number of aromatic nitrogens is 2. The quantitative estimate of drug-likeness (QED) is 0.725. The molecular weight excluding hydrogens is 198 g/mol. The van der Waals surface area contributed by atoms with Crippen LogP contribution in [-0.2, 0) is 0 Å². The largest absolute Gasteiger partial charge is 0.366 e. The smallest absolute Gasteiger partial charge is 0.129 e. The SMILES string of the molecule is N#Cc1c[nH]cc1-c1cccc(Cl)n1. The van der Waals surface area contributed by atoms with Crippen LogP contribution in [0.5, 0.6) is 0 Å². The monoisotopic (exact) mass is 203 g/mol. The maximum absolute atomic E-state index is 8.81. The summed E-state index contributed by atoms with van der Waals surface area (Å²) < 4.78 is 0. The van der Waals surface area contributed by atoms with E-state index in [4.69, 9.17) is 16.9 Å². The highest BCUT2D eigenvalue weighted by atomic mass is 35.5. The highest BCUT2D eigenvalue weighted by molar-refractivity contribution is 6.29. The highest BCUT2D eigenvalue weighted by Crippen LogP contribution is 2.21. The van der Waals surface area contributed by atoms with Gasteiger partial charge in [0.25, 0.3) is 0 Å². The molecule has 2 aromatic heterocycles. The zero-order valence-electron chi connectivity index (χ0n) is 7.16. The average Bonchev–Trinajstić information content (AvgIpc) is 2.65. The minimum absolute atomic E-state index is 0.424. The third kappa shape index (κ3) is 1.48. The standard InChI is InChI=1S/C10H6ClN3/c11-10-3-1-2-9(14-10)8-6-13-5-7(8)4-12/h1-3,5-6,13H. The van der Waals surface area contributed by atoms with E-state index in [0.717, 1.165) is 5.56 Å². The summed E-state index contributed by atoms with van der Waals surface area (Å²) in [4.78, 5) is 6.98. The molecule has 0 spiro atoms. The van der Waals surface area contributed by atoms with E-state index in [1.165, 1.54) is 0 Å². The molecule has 0 saturated heterocycles. The summed E-state index contributed by atoms with van der Waals surface area (Å²) in [6.45, 7) is 0. The van der Waals surface area contributed by atoms with E-state index in [2.05, 4.69) is 16.0 Å². The van der Waals surface area contributed by atoms with Crippen molar-refractivity contribution in [3.8, 4) is 17.3 Å². The van der Waals surface area contributed by atoms with Crippen LogP contribution in [-0.4, -0.2) is 9.97 Å². The number of nitriles is 1. The predicted octanol–water partition coefficient (Wildman–Crippen LogP) is 2.60. The van der Waals surface area contributed by atoms with Crippen molar-refractivity contribution in [1.82, 2.24) is 9.97 Å². The van der Waals surface area contributed by atoms with Crippen LogP contribution in [0.3, 0.4) is 0 Å². The molecule has 2 rings (SSSR count). The van der Waals surface area contributed by atoms with Crippen LogP contribution in [0.1, 0.15) is 5.56 Å². The zero-order valence-corrected chi connectivity index (χ0v) is 7.92. The van der Waals surface area contributed by atoms with Crippen molar-refractivity contribution in [2.75, 3.05) is 0 Å². The van der Waals surface area contributed by atoms with Gasteiger partial charge in [0.05, 0.1) is 11.3 Å². The number of H-pyrrole nitrogens is 1. The lowest BCUT2D eigenvalue weighted by molar-refractivity contribution is 1.32. The maximum Gasteiger partial charge on any atom is 0.129 e. The first-order chi connectivity index (χ1) is 6.81. The van der Waals surface area contributed by atoms with Crippen LogP contribution in [0, 0.1) is 11.3 Å². The van der Waals surface area contributed by atoms with E-state index in [-0.39, 0.29) is 0 Å². The highest BCUT2D eigenvalue weighted by Gasteiger charge is 2.06. The van der Waals surface area contributed by atoms with E-state index < -0.39 is 0 Å². The predicted molar refractivity (Wildman–Crippen MR) is 53.7 cm³/mol. The van der Waals surface area contributed by atoms with E-state index in [0.29, 0.717) is 16.4 Å². The fourth-order valence-electron chi connectivity index (χ4n) is 1.23. The summed E-state index contributed by atoms with van der Waals surface area (Å²) in [5.74, 6) is 0. The molecule has 0 aliphatic heterocycles. The molecule has 0 bridgehead atoms. The van der Waals surface area contributed by atoms with Crippen LogP contribution in [0.25, 0.3) is 11.3 Å². The molecule has 0 amide bonds. The van der Waals surface area contributed by atoms with E-state index >= 15 is 0 Å². The van der Waals surface area contributed by atoms with E-state index in [1.54, 1.807) is 24.5 Å². The molecule has 0 aliphatic carbocycles. The van der Waals surface area contributed by atoms with Crippen molar-refractivity contribution in [1.29, 1.82) is 5.26 Å². The second kappa shape index (κ2) is 3.52. The number of nitrogens with zero attached hydrogens (tertiary/aromatic N) is 2. The Morgan fingerprint density at radius 2 is 2.21 bits per heavy atom. The second-order valence-electron chi connectivity index (χ2n) is 2.74. The number of halogens is 1. The summed E-state index contributed by atoms with van der Waals surface area (Å²) in [5, 5.41) is 9.23. The lowest BCUT2D eigenvalue weighted by Crippen LogP contribution is -1.83. The molecule has 3 nitrogen and oxygen atoms in total. The van der Waals surface area contributed by atoms with Gasteiger partial charge in [-0.2, -0.15) is 5.26 Å². The third-order valence-electron chi connectivity index (χ3n) is 1.86. The van der Waals surface area contributed by atoms with Crippen molar-refractivity contribution in [3.63, 3.8) is 0 Å².